The molecular weight excluding hydrogens is 1240 g/mol. The van der Waals surface area contributed by atoms with E-state index < -0.39 is 207 Å². The van der Waals surface area contributed by atoms with Crippen LogP contribution >= 0.6 is 0 Å². The van der Waals surface area contributed by atoms with Crippen molar-refractivity contribution in [1.82, 2.24) is 9.80 Å². The SMILES string of the molecule is CCN1CC2(COC)C(O)CC(OC)C34C5CC6(O)C(CO)C(O)C(OC(=O)CCCCCCC(=O)OC78C(O)C(OC)C9(O)CC(C7C9OC(=O)c7ccccc7)C79C(OC)CC(O)C%10(COC)CN(CC)C7C8C(OC)C%109)(C5C6OC(=O)c5ccccc5)C(C(OC)C23)C14. The molecule has 10 aliphatic carbocycles. The molecule has 0 amide bonds. The lowest BCUT2D eigenvalue weighted by atomic mass is 9.42. The molecule has 96 heavy (non-hydrogen) atoms. The molecule has 14 bridgehead atoms. The molecule has 30 atom stereocenters. The Morgan fingerprint density at radius 1 is 0.521 bits per heavy atom. The van der Waals surface area contributed by atoms with E-state index in [4.69, 9.17) is 52.1 Å². The van der Waals surface area contributed by atoms with Gasteiger partial charge in [0.25, 0.3) is 0 Å². The Kier molecular flexibility index (Phi) is 17.7. The van der Waals surface area contributed by atoms with Crippen LogP contribution < -0.4 is 0 Å². The van der Waals surface area contributed by atoms with Crippen LogP contribution in [0, 0.1) is 74.9 Å². The minimum absolute atomic E-state index is 0.0392. The lowest BCUT2D eigenvalue weighted by molar-refractivity contribution is -0.323. The van der Waals surface area contributed by atoms with Crippen molar-refractivity contribution in [1.29, 1.82) is 0 Å². The molecule has 2 spiro atoms. The Morgan fingerprint density at radius 2 is 0.938 bits per heavy atom. The highest BCUT2D eigenvalue weighted by atomic mass is 16.6. The van der Waals surface area contributed by atoms with Gasteiger partial charge in [-0.05, 0) is 74.9 Å². The summed E-state index contributed by atoms with van der Waals surface area (Å²) in [6.07, 6.45) is -11.0. The van der Waals surface area contributed by atoms with Crippen molar-refractivity contribution in [3.05, 3.63) is 71.8 Å². The molecule has 14 rings (SSSR count). The summed E-state index contributed by atoms with van der Waals surface area (Å²) in [7, 11) is 10.9. The van der Waals surface area contributed by atoms with Crippen LogP contribution in [0.15, 0.2) is 60.7 Å². The smallest absolute Gasteiger partial charge is 0.338 e. The number of unbranched alkanes of at least 4 members (excludes halogenated alkanes) is 3. The number of ether oxygens (including phenoxy) is 11. The Bertz CT molecular complexity index is 3040. The van der Waals surface area contributed by atoms with Crippen molar-refractivity contribution < 1.29 is 107 Å². The van der Waals surface area contributed by atoms with Gasteiger partial charge in [-0.25, -0.2) is 9.59 Å². The van der Waals surface area contributed by atoms with E-state index in [1.54, 1.807) is 103 Å². The molecule has 2 heterocycles. The van der Waals surface area contributed by atoms with Gasteiger partial charge in [0.1, 0.15) is 41.7 Å². The minimum atomic E-state index is -2.02. The quantitative estimate of drug-likeness (QED) is 0.0426. The molecule has 12 aliphatic rings. The molecule has 0 radical (unpaired) electrons. The minimum Gasteiger partial charge on any atom is -0.455 e. The van der Waals surface area contributed by atoms with Crippen molar-refractivity contribution in [3.8, 4) is 0 Å². The van der Waals surface area contributed by atoms with E-state index in [0.717, 1.165) is 0 Å². The molecule has 0 aromatic heterocycles. The lowest BCUT2D eigenvalue weighted by Gasteiger charge is -2.70. The number of aliphatic hydroxyl groups is 7. The zero-order chi connectivity index (χ0) is 68.2. The third kappa shape index (κ3) is 8.58. The van der Waals surface area contributed by atoms with Crippen molar-refractivity contribution in [2.75, 3.05) is 95.8 Å². The summed E-state index contributed by atoms with van der Waals surface area (Å²) in [6.45, 7) is 5.28. The number of nitrogens with zero attached hydrogens (tertiary/aromatic N) is 2. The van der Waals surface area contributed by atoms with Crippen LogP contribution in [0.25, 0.3) is 0 Å². The summed E-state index contributed by atoms with van der Waals surface area (Å²) in [4.78, 5) is 63.9. The number of esters is 4. The number of hydrogen-bond acceptors (Lipinski definition) is 24. The fourth-order valence-electron chi connectivity index (χ4n) is 25.6. The molecule has 7 N–H and O–H groups in total. The maximum absolute atomic E-state index is 15.3. The van der Waals surface area contributed by atoms with Crippen LogP contribution in [-0.2, 0) is 61.7 Å². The lowest BCUT2D eigenvalue weighted by Crippen LogP contribution is -2.81. The molecule has 12 fully saturated rings. The fourth-order valence-corrected chi connectivity index (χ4v) is 25.6. The van der Waals surface area contributed by atoms with Crippen LogP contribution in [0.3, 0.4) is 0 Å². The first-order valence-corrected chi connectivity index (χ1v) is 35.0. The van der Waals surface area contributed by atoms with E-state index in [0.29, 0.717) is 39.0 Å². The van der Waals surface area contributed by atoms with Gasteiger partial charge in [-0.15, -0.1) is 0 Å². The summed E-state index contributed by atoms with van der Waals surface area (Å²) in [6, 6.07) is 15.7. The highest BCUT2D eigenvalue weighted by molar-refractivity contribution is 5.90. The predicted molar refractivity (Wildman–Crippen MR) is 337 cm³/mol. The number of carbonyl (C=O) groups is 4. The van der Waals surface area contributed by atoms with E-state index in [9.17, 15) is 45.3 Å². The molecule has 30 unspecified atom stereocenters. The number of methoxy groups -OCH3 is 7. The third-order valence-corrected chi connectivity index (χ3v) is 28.0. The molecule has 10 saturated carbocycles. The highest BCUT2D eigenvalue weighted by Crippen LogP contribution is 2.83. The van der Waals surface area contributed by atoms with Gasteiger partial charge >= 0.3 is 23.9 Å². The van der Waals surface area contributed by atoms with Gasteiger partial charge in [0.15, 0.2) is 11.2 Å². The third-order valence-electron chi connectivity index (χ3n) is 28.0. The van der Waals surface area contributed by atoms with Crippen LogP contribution in [0.4, 0.5) is 0 Å². The maximum Gasteiger partial charge on any atom is 0.338 e. The van der Waals surface area contributed by atoms with Gasteiger partial charge in [-0.3, -0.25) is 19.4 Å². The van der Waals surface area contributed by atoms with Gasteiger partial charge in [-0.1, -0.05) is 63.1 Å². The van der Waals surface area contributed by atoms with Crippen molar-refractivity contribution in [2.24, 2.45) is 74.9 Å². The summed E-state index contributed by atoms with van der Waals surface area (Å²) in [5, 5.41) is 90.0. The van der Waals surface area contributed by atoms with Gasteiger partial charge < -0.3 is 87.9 Å². The predicted octanol–water partition coefficient (Wildman–Crippen LogP) is 2.20. The fraction of sp³-hybridized carbons (Fsp3) is 0.778. The molecular formula is C72H100N2O22. The Labute approximate surface area is 560 Å². The maximum atomic E-state index is 15.3. The van der Waals surface area contributed by atoms with Crippen LogP contribution in [0.5, 0.6) is 0 Å². The topological polar surface area (TPSA) is 318 Å². The normalized spacial score (nSPS) is 48.5. The van der Waals surface area contributed by atoms with Crippen molar-refractivity contribution in [3.63, 3.8) is 0 Å². The van der Waals surface area contributed by atoms with Gasteiger partial charge in [0, 0.05) is 164 Å². The number of likely N-dealkylation sites (tertiary alicyclic amines) is 2. The number of benzene rings is 2. The summed E-state index contributed by atoms with van der Waals surface area (Å²) < 4.78 is 72.1. The van der Waals surface area contributed by atoms with E-state index in [-0.39, 0.29) is 75.7 Å². The molecule has 24 heteroatoms. The number of hydrogen-bond donors (Lipinski definition) is 7. The zero-order valence-corrected chi connectivity index (χ0v) is 56.6. The van der Waals surface area contributed by atoms with Crippen molar-refractivity contribution in [2.45, 2.75) is 180 Å². The zero-order valence-electron chi connectivity index (χ0n) is 56.6. The Morgan fingerprint density at radius 3 is 1.32 bits per heavy atom. The van der Waals surface area contributed by atoms with Crippen LogP contribution in [-0.4, -0.2) is 267 Å². The van der Waals surface area contributed by atoms with E-state index >= 15 is 9.59 Å². The molecule has 2 aliphatic heterocycles. The standard InChI is InChI=1S/C72H100N2O22/c1-10-73-33-65(35-86-3)42(76)28-44(88-5)69-39-30-67(84)41(32-75)58(80)71(50(56(69)73)52(90-7)54(65)69,48(39)60(67)93-63(82)37-22-16-14-17-23-37)95-46(78)26-20-12-13-21-27-47(79)96-72-49-40(31-68(85,62(92-9)59(72)81)61(49)94-64(83)38-24-18-15-19-25-38)70-45(89-6)29-43(77)66(36-87-4)34-74(11-2)57(70)51(72)53(91-8)55(66)70/h14-19,22-25,39-45,48-62,75-77,80-81,84-85H,10-13,20-21,26-36H2,1-9H3. The molecule has 2 saturated heterocycles. The molecule has 530 valence electrons. The summed E-state index contributed by atoms with van der Waals surface area (Å²) in [5.41, 5.74) is -11.3. The molecule has 24 nitrogen and oxygen atoms in total. The second-order valence-corrected chi connectivity index (χ2v) is 30.7. The number of piperidine rings is 2. The summed E-state index contributed by atoms with van der Waals surface area (Å²) in [5.74, 6) is -10.4. The van der Waals surface area contributed by atoms with Crippen LogP contribution in [0.1, 0.15) is 98.8 Å². The monoisotopic (exact) mass is 1340 g/mol. The second-order valence-electron chi connectivity index (χ2n) is 30.7. The van der Waals surface area contributed by atoms with E-state index in [1.807, 2.05) is 13.8 Å². The number of aliphatic hydroxyl groups excluding tert-OH is 5. The number of rotatable bonds is 25. The average Bonchev–Trinajstić information content (AvgIpc) is 1.45. The van der Waals surface area contributed by atoms with Crippen molar-refractivity contribution >= 4 is 23.9 Å². The highest BCUT2D eigenvalue weighted by Gasteiger charge is 2.94. The van der Waals surface area contributed by atoms with E-state index in [2.05, 4.69) is 9.80 Å². The summed E-state index contributed by atoms with van der Waals surface area (Å²) >= 11 is 0. The second kappa shape index (κ2) is 24.7. The molecule has 2 aromatic carbocycles. The van der Waals surface area contributed by atoms with Gasteiger partial charge in [0.05, 0.1) is 67.6 Å². The van der Waals surface area contributed by atoms with Crippen LogP contribution in [0.2, 0.25) is 0 Å². The Balaban J connectivity index is 0.764. The van der Waals surface area contributed by atoms with E-state index in [1.165, 1.54) is 7.11 Å². The number of fused-ring (bicyclic) bond motifs is 4. The first-order valence-electron chi connectivity index (χ1n) is 35.0. The average molecular weight is 1350 g/mol. The molecule has 2 aromatic rings. The number of carbonyl (C=O) groups excluding carboxylic acids is 4. The van der Waals surface area contributed by atoms with Gasteiger partial charge in [0.2, 0.25) is 0 Å². The largest absolute Gasteiger partial charge is 0.455 e. The first kappa shape index (κ1) is 68.8. The Hall–Kier alpha value is -4.32. The van der Waals surface area contributed by atoms with Gasteiger partial charge in [-0.2, -0.15) is 0 Å². The first-order chi connectivity index (χ1) is 46.1.